The van der Waals surface area contributed by atoms with Crippen LogP contribution in [0.2, 0.25) is 0 Å². The summed E-state index contributed by atoms with van der Waals surface area (Å²) in [7, 11) is 3.05. The highest BCUT2D eigenvalue weighted by Gasteiger charge is 2.16. The zero-order valence-electron chi connectivity index (χ0n) is 15.9. The Balaban J connectivity index is 1.96. The van der Waals surface area contributed by atoms with E-state index in [0.29, 0.717) is 40.3 Å². The topological polar surface area (TPSA) is 73.9 Å². The van der Waals surface area contributed by atoms with Crippen molar-refractivity contribution in [1.82, 2.24) is 0 Å². The van der Waals surface area contributed by atoms with Crippen LogP contribution < -0.4 is 14.8 Å². The molecule has 0 saturated heterocycles. The summed E-state index contributed by atoms with van der Waals surface area (Å²) in [5.74, 6) is 0.326. The van der Waals surface area contributed by atoms with Crippen molar-refractivity contribution in [2.75, 3.05) is 26.1 Å². The van der Waals surface area contributed by atoms with E-state index in [1.807, 2.05) is 24.3 Å². The highest BCUT2D eigenvalue weighted by atomic mass is 16.5. The zero-order chi connectivity index (χ0) is 20.1. The molecule has 3 aromatic carbocycles. The summed E-state index contributed by atoms with van der Waals surface area (Å²) in [4.78, 5) is 25.0. The van der Waals surface area contributed by atoms with Crippen LogP contribution in [0.25, 0.3) is 10.8 Å². The molecule has 1 amide bonds. The Morgan fingerprint density at radius 3 is 2.29 bits per heavy atom. The lowest BCUT2D eigenvalue weighted by atomic mass is 10.0. The quantitative estimate of drug-likeness (QED) is 0.647. The van der Waals surface area contributed by atoms with E-state index in [2.05, 4.69) is 5.32 Å². The fourth-order valence-corrected chi connectivity index (χ4v) is 2.97. The average Bonchev–Trinajstić information content (AvgIpc) is 2.73. The molecule has 0 aromatic heterocycles. The van der Waals surface area contributed by atoms with E-state index in [-0.39, 0.29) is 5.91 Å². The van der Waals surface area contributed by atoms with Crippen LogP contribution in [0, 0.1) is 0 Å². The molecule has 0 bridgehead atoms. The summed E-state index contributed by atoms with van der Waals surface area (Å²) in [6.07, 6.45) is 0. The molecule has 0 aliphatic carbocycles. The third-order valence-corrected chi connectivity index (χ3v) is 4.31. The zero-order valence-corrected chi connectivity index (χ0v) is 15.9. The van der Waals surface area contributed by atoms with Crippen molar-refractivity contribution in [3.8, 4) is 11.5 Å². The number of esters is 1. The van der Waals surface area contributed by atoms with E-state index < -0.39 is 5.97 Å². The highest BCUT2D eigenvalue weighted by Crippen LogP contribution is 2.30. The van der Waals surface area contributed by atoms with E-state index in [4.69, 9.17) is 14.2 Å². The number of hydrogen-bond acceptors (Lipinski definition) is 5. The number of amides is 1. The van der Waals surface area contributed by atoms with Gasteiger partial charge in [-0.05, 0) is 42.6 Å². The summed E-state index contributed by atoms with van der Waals surface area (Å²) in [5, 5.41) is 4.37. The Morgan fingerprint density at radius 1 is 0.893 bits per heavy atom. The maximum Gasteiger partial charge on any atom is 0.338 e. The molecule has 0 radical (unpaired) electrons. The van der Waals surface area contributed by atoms with Gasteiger partial charge in [0.15, 0.2) is 11.5 Å². The molecule has 6 nitrogen and oxygen atoms in total. The predicted molar refractivity (Wildman–Crippen MR) is 107 cm³/mol. The number of anilines is 1. The number of fused-ring (bicyclic) bond motifs is 1. The molecule has 3 aromatic rings. The maximum absolute atomic E-state index is 12.7. The second kappa shape index (κ2) is 8.43. The third-order valence-electron chi connectivity index (χ3n) is 4.31. The smallest absolute Gasteiger partial charge is 0.338 e. The molecule has 0 unspecified atom stereocenters. The van der Waals surface area contributed by atoms with Crippen LogP contribution in [0.1, 0.15) is 27.6 Å². The van der Waals surface area contributed by atoms with Gasteiger partial charge < -0.3 is 19.5 Å². The summed E-state index contributed by atoms with van der Waals surface area (Å²) < 4.78 is 15.6. The first-order valence-corrected chi connectivity index (χ1v) is 8.81. The largest absolute Gasteiger partial charge is 0.493 e. The van der Waals surface area contributed by atoms with E-state index in [1.165, 1.54) is 14.2 Å². The predicted octanol–water partition coefficient (Wildman–Crippen LogP) is 4.29. The van der Waals surface area contributed by atoms with Gasteiger partial charge in [0.2, 0.25) is 0 Å². The number of ether oxygens (including phenoxy) is 3. The van der Waals surface area contributed by atoms with Crippen molar-refractivity contribution < 1.29 is 23.8 Å². The Labute approximate surface area is 163 Å². The molecule has 0 fully saturated rings. The number of benzene rings is 3. The van der Waals surface area contributed by atoms with Gasteiger partial charge in [-0.25, -0.2) is 4.79 Å². The van der Waals surface area contributed by atoms with Crippen LogP contribution in [0.15, 0.2) is 54.6 Å². The van der Waals surface area contributed by atoms with E-state index in [0.717, 1.165) is 5.39 Å². The molecule has 1 N–H and O–H groups in total. The number of methoxy groups -OCH3 is 2. The summed E-state index contributed by atoms with van der Waals surface area (Å²) in [6, 6.07) is 15.7. The highest BCUT2D eigenvalue weighted by molar-refractivity contribution is 6.13. The Hall–Kier alpha value is -3.54. The summed E-state index contributed by atoms with van der Waals surface area (Å²) >= 11 is 0. The van der Waals surface area contributed by atoms with Gasteiger partial charge in [0.05, 0.1) is 26.4 Å². The number of carbonyl (C=O) groups is 2. The van der Waals surface area contributed by atoms with Crippen molar-refractivity contribution in [3.05, 3.63) is 65.7 Å². The second-order valence-electron chi connectivity index (χ2n) is 5.95. The molecule has 0 aliphatic rings. The molecule has 0 spiro atoms. The maximum atomic E-state index is 12.7. The van der Waals surface area contributed by atoms with Crippen LogP contribution in [0.4, 0.5) is 5.69 Å². The molecule has 0 atom stereocenters. The van der Waals surface area contributed by atoms with Crippen LogP contribution >= 0.6 is 0 Å². The van der Waals surface area contributed by atoms with E-state index in [1.54, 1.807) is 37.3 Å². The third kappa shape index (κ3) is 3.76. The Kier molecular flexibility index (Phi) is 5.79. The van der Waals surface area contributed by atoms with Crippen LogP contribution in [0.5, 0.6) is 11.5 Å². The SMILES string of the molecule is CCOC(=O)c1ccc(NC(=O)c2ccc(OC)c(OC)c2)c2ccccc12. The fraction of sp³-hybridized carbons (Fsp3) is 0.182. The van der Waals surface area contributed by atoms with Crippen LogP contribution in [-0.4, -0.2) is 32.7 Å². The molecule has 3 rings (SSSR count). The molecule has 0 aliphatic heterocycles. The summed E-state index contributed by atoms with van der Waals surface area (Å²) in [5.41, 5.74) is 1.49. The lowest BCUT2D eigenvalue weighted by molar-refractivity contribution is 0.0528. The van der Waals surface area contributed by atoms with Gasteiger partial charge in [-0.2, -0.15) is 0 Å². The second-order valence-corrected chi connectivity index (χ2v) is 5.95. The first-order chi connectivity index (χ1) is 13.6. The van der Waals surface area contributed by atoms with Crippen molar-refractivity contribution in [2.24, 2.45) is 0 Å². The minimum Gasteiger partial charge on any atom is -0.493 e. The fourth-order valence-electron chi connectivity index (χ4n) is 2.97. The molecule has 144 valence electrons. The lowest BCUT2D eigenvalue weighted by Gasteiger charge is -2.13. The molecular formula is C22H21NO5. The van der Waals surface area contributed by atoms with E-state index >= 15 is 0 Å². The minimum absolute atomic E-state index is 0.296. The Bertz CT molecular complexity index is 1030. The lowest BCUT2D eigenvalue weighted by Crippen LogP contribution is -2.13. The van der Waals surface area contributed by atoms with Crippen LogP contribution in [-0.2, 0) is 4.74 Å². The molecular weight excluding hydrogens is 358 g/mol. The molecule has 6 heteroatoms. The van der Waals surface area contributed by atoms with Crippen molar-refractivity contribution in [1.29, 1.82) is 0 Å². The monoisotopic (exact) mass is 379 g/mol. The molecule has 28 heavy (non-hydrogen) atoms. The molecule has 0 saturated carbocycles. The van der Waals surface area contributed by atoms with Gasteiger partial charge >= 0.3 is 5.97 Å². The van der Waals surface area contributed by atoms with Gasteiger partial charge in [-0.15, -0.1) is 0 Å². The standard InChI is InChI=1S/C22H21NO5/c1-4-28-22(25)17-10-11-18(16-8-6-5-7-15(16)17)23-21(24)14-9-12-19(26-2)20(13-14)27-3/h5-13H,4H2,1-3H3,(H,23,24). The first kappa shape index (κ1) is 19.2. The van der Waals surface area contributed by atoms with Gasteiger partial charge in [0.1, 0.15) is 0 Å². The average molecular weight is 379 g/mol. The van der Waals surface area contributed by atoms with Gasteiger partial charge in [0, 0.05) is 16.6 Å². The van der Waals surface area contributed by atoms with Crippen LogP contribution in [0.3, 0.4) is 0 Å². The van der Waals surface area contributed by atoms with E-state index in [9.17, 15) is 9.59 Å². The number of nitrogens with one attached hydrogen (secondary N) is 1. The Morgan fingerprint density at radius 2 is 1.61 bits per heavy atom. The normalized spacial score (nSPS) is 10.4. The first-order valence-electron chi connectivity index (χ1n) is 8.81. The van der Waals surface area contributed by atoms with Gasteiger partial charge in [0.25, 0.3) is 5.91 Å². The van der Waals surface area contributed by atoms with Gasteiger partial charge in [-0.1, -0.05) is 24.3 Å². The minimum atomic E-state index is -0.392. The number of rotatable bonds is 6. The number of hydrogen-bond donors (Lipinski definition) is 1. The van der Waals surface area contributed by atoms with Crippen molar-refractivity contribution in [2.45, 2.75) is 6.92 Å². The summed E-state index contributed by atoms with van der Waals surface area (Å²) in [6.45, 7) is 2.06. The van der Waals surface area contributed by atoms with Crippen molar-refractivity contribution in [3.63, 3.8) is 0 Å². The molecule has 0 heterocycles. The number of carbonyl (C=O) groups excluding carboxylic acids is 2. The van der Waals surface area contributed by atoms with Gasteiger partial charge in [-0.3, -0.25) is 4.79 Å². The van der Waals surface area contributed by atoms with Crippen molar-refractivity contribution >= 4 is 28.3 Å².